The second-order valence-corrected chi connectivity index (χ2v) is 17.2. The minimum Gasteiger partial charge on any atom is -0.497 e. The molecule has 15 heteroatoms. The number of sulfone groups is 1. The standard InChI is InChI=1S/C34H38N2O10S3/c1-43-27-15-17-33(31(19-27)45-3)48(39,40)35(21-25-11-7-5-8-12-25)29-23-47(37,38)24-30(29)36(22-26-13-9-6-10-14-26)49(41,42)34-18-16-28(44-2)20-32(34)46-4/h5-20,29-30H,21-24H2,1-4H3/t29-,30-/m0/s1. The molecule has 0 unspecified atom stereocenters. The zero-order valence-corrected chi connectivity index (χ0v) is 29.9. The van der Waals surface area contributed by atoms with E-state index in [1.165, 1.54) is 64.8 Å². The lowest BCUT2D eigenvalue weighted by Gasteiger charge is -2.37. The van der Waals surface area contributed by atoms with Crippen LogP contribution in [-0.2, 0) is 43.0 Å². The summed E-state index contributed by atoms with van der Waals surface area (Å²) in [4.78, 5) is -0.465. The van der Waals surface area contributed by atoms with Crippen LogP contribution in [0.25, 0.3) is 0 Å². The molecule has 2 atom stereocenters. The first kappa shape index (κ1) is 36.1. The molecule has 262 valence electrons. The summed E-state index contributed by atoms with van der Waals surface area (Å²) in [5.74, 6) is -0.593. The fourth-order valence-electron chi connectivity index (χ4n) is 5.88. The van der Waals surface area contributed by atoms with Crippen LogP contribution in [0.15, 0.2) is 107 Å². The summed E-state index contributed by atoms with van der Waals surface area (Å²) in [7, 11) is -7.58. The first-order chi connectivity index (χ1) is 23.3. The molecule has 5 rings (SSSR count). The van der Waals surface area contributed by atoms with Gasteiger partial charge in [0.25, 0.3) is 0 Å². The molecule has 0 N–H and O–H groups in total. The number of hydrogen-bond acceptors (Lipinski definition) is 10. The molecule has 1 aliphatic rings. The molecule has 1 saturated heterocycles. The van der Waals surface area contributed by atoms with Gasteiger partial charge in [0.05, 0.1) is 52.0 Å². The highest BCUT2D eigenvalue weighted by molar-refractivity contribution is 7.92. The number of benzene rings is 4. The highest BCUT2D eigenvalue weighted by Crippen LogP contribution is 2.39. The fraction of sp³-hybridized carbons (Fsp3) is 0.294. The van der Waals surface area contributed by atoms with Crippen LogP contribution in [0.3, 0.4) is 0 Å². The Kier molecular flexibility index (Phi) is 10.9. The maximum Gasteiger partial charge on any atom is 0.247 e. The Hall–Kier alpha value is -4.15. The molecule has 0 spiro atoms. The maximum atomic E-state index is 14.7. The molecule has 0 amide bonds. The van der Waals surface area contributed by atoms with Crippen LogP contribution in [0.4, 0.5) is 0 Å². The van der Waals surface area contributed by atoms with Crippen molar-refractivity contribution in [3.8, 4) is 23.0 Å². The second-order valence-electron chi connectivity index (χ2n) is 11.3. The molecule has 0 radical (unpaired) electrons. The molecule has 1 aliphatic heterocycles. The molecule has 1 heterocycles. The molecule has 0 aromatic heterocycles. The first-order valence-corrected chi connectivity index (χ1v) is 19.8. The molecule has 4 aromatic rings. The van der Waals surface area contributed by atoms with E-state index < -0.39 is 53.5 Å². The summed E-state index contributed by atoms with van der Waals surface area (Å²) in [5.41, 5.74) is 1.13. The molecule has 49 heavy (non-hydrogen) atoms. The van der Waals surface area contributed by atoms with E-state index >= 15 is 0 Å². The maximum absolute atomic E-state index is 14.7. The average molecular weight is 731 g/mol. The lowest BCUT2D eigenvalue weighted by atomic mass is 10.1. The van der Waals surface area contributed by atoms with E-state index in [1.54, 1.807) is 60.7 Å². The van der Waals surface area contributed by atoms with Crippen molar-refractivity contribution in [2.24, 2.45) is 0 Å². The van der Waals surface area contributed by atoms with Gasteiger partial charge in [-0.2, -0.15) is 8.61 Å². The predicted molar refractivity (Wildman–Crippen MR) is 184 cm³/mol. The molecule has 0 bridgehead atoms. The van der Waals surface area contributed by atoms with Crippen LogP contribution in [0.5, 0.6) is 23.0 Å². The van der Waals surface area contributed by atoms with Gasteiger partial charge in [-0.1, -0.05) is 60.7 Å². The van der Waals surface area contributed by atoms with Gasteiger partial charge in [0.2, 0.25) is 20.0 Å². The van der Waals surface area contributed by atoms with Crippen LogP contribution in [-0.4, -0.2) is 85.9 Å². The van der Waals surface area contributed by atoms with Crippen LogP contribution in [0.2, 0.25) is 0 Å². The Morgan fingerprint density at radius 3 is 1.27 bits per heavy atom. The lowest BCUT2D eigenvalue weighted by molar-refractivity contribution is 0.218. The molecule has 0 aliphatic carbocycles. The molecule has 1 fully saturated rings. The SMILES string of the molecule is COc1ccc(S(=O)(=O)N(Cc2ccccc2)[C@H]2CS(=O)(=O)C[C@@H]2N(Cc2ccccc2)S(=O)(=O)c2ccc(OC)cc2OC)c(OC)c1. The zero-order valence-electron chi connectivity index (χ0n) is 27.4. The monoisotopic (exact) mass is 730 g/mol. The van der Waals surface area contributed by atoms with E-state index in [4.69, 9.17) is 18.9 Å². The third-order valence-corrected chi connectivity index (χ3v) is 13.8. The van der Waals surface area contributed by atoms with Crippen molar-refractivity contribution >= 4 is 29.9 Å². The minimum absolute atomic E-state index is 0.0217. The zero-order chi connectivity index (χ0) is 35.4. The summed E-state index contributed by atoms with van der Waals surface area (Å²) in [5, 5.41) is 0. The van der Waals surface area contributed by atoms with Crippen molar-refractivity contribution in [3.63, 3.8) is 0 Å². The first-order valence-electron chi connectivity index (χ1n) is 15.1. The Labute approximate surface area is 287 Å². The third-order valence-electron chi connectivity index (χ3n) is 8.31. The van der Waals surface area contributed by atoms with Gasteiger partial charge in [-0.25, -0.2) is 25.3 Å². The number of rotatable bonds is 14. The van der Waals surface area contributed by atoms with Gasteiger partial charge >= 0.3 is 0 Å². The van der Waals surface area contributed by atoms with Gasteiger partial charge in [-0.15, -0.1) is 0 Å². The van der Waals surface area contributed by atoms with Crippen molar-refractivity contribution in [2.75, 3.05) is 39.9 Å². The van der Waals surface area contributed by atoms with E-state index in [9.17, 15) is 25.3 Å². The Morgan fingerprint density at radius 1 is 0.571 bits per heavy atom. The van der Waals surface area contributed by atoms with Crippen LogP contribution < -0.4 is 18.9 Å². The van der Waals surface area contributed by atoms with E-state index in [1.807, 2.05) is 0 Å². The molecule has 4 aromatic carbocycles. The van der Waals surface area contributed by atoms with Gasteiger partial charge in [0, 0.05) is 25.2 Å². The van der Waals surface area contributed by atoms with E-state index in [2.05, 4.69) is 0 Å². The van der Waals surface area contributed by atoms with Crippen LogP contribution >= 0.6 is 0 Å². The predicted octanol–water partition coefficient (Wildman–Crippen LogP) is 3.97. The fourth-order valence-corrected chi connectivity index (χ4v) is 11.6. The molecule has 0 saturated carbocycles. The van der Waals surface area contributed by atoms with Crippen molar-refractivity contribution in [2.45, 2.75) is 35.0 Å². The van der Waals surface area contributed by atoms with Crippen molar-refractivity contribution in [1.82, 2.24) is 8.61 Å². The summed E-state index contributed by atoms with van der Waals surface area (Å²) >= 11 is 0. The smallest absolute Gasteiger partial charge is 0.247 e. The van der Waals surface area contributed by atoms with Crippen molar-refractivity contribution in [3.05, 3.63) is 108 Å². The molecular formula is C34H38N2O10S3. The Morgan fingerprint density at radius 2 is 0.939 bits per heavy atom. The largest absolute Gasteiger partial charge is 0.497 e. The number of hydrogen-bond donors (Lipinski definition) is 0. The van der Waals surface area contributed by atoms with Gasteiger partial charge in [-0.05, 0) is 35.4 Å². The number of methoxy groups -OCH3 is 4. The number of sulfonamides is 2. The highest BCUT2D eigenvalue weighted by atomic mass is 32.2. The van der Waals surface area contributed by atoms with E-state index in [0.717, 1.165) is 8.61 Å². The Bertz CT molecular complexity index is 1950. The third kappa shape index (κ3) is 7.70. The van der Waals surface area contributed by atoms with E-state index in [0.29, 0.717) is 22.6 Å². The number of nitrogens with zero attached hydrogens (tertiary/aromatic N) is 2. The Balaban J connectivity index is 1.72. The number of ether oxygens (including phenoxy) is 4. The topological polar surface area (TPSA) is 146 Å². The molecule has 12 nitrogen and oxygen atoms in total. The summed E-state index contributed by atoms with van der Waals surface area (Å²) in [6.07, 6.45) is 0. The van der Waals surface area contributed by atoms with Crippen LogP contribution in [0, 0.1) is 0 Å². The normalized spacial score (nSPS) is 17.6. The van der Waals surface area contributed by atoms with E-state index in [-0.39, 0.29) is 34.4 Å². The summed E-state index contributed by atoms with van der Waals surface area (Å²) in [6, 6.07) is 23.1. The van der Waals surface area contributed by atoms with Crippen molar-refractivity contribution in [1.29, 1.82) is 0 Å². The van der Waals surface area contributed by atoms with Crippen LogP contribution in [0.1, 0.15) is 11.1 Å². The lowest BCUT2D eigenvalue weighted by Crippen LogP contribution is -2.54. The average Bonchev–Trinajstić information content (AvgIpc) is 3.43. The molecular weight excluding hydrogens is 693 g/mol. The summed E-state index contributed by atoms with van der Waals surface area (Å²) in [6.45, 7) is -0.500. The van der Waals surface area contributed by atoms with Crippen molar-refractivity contribution < 1.29 is 44.2 Å². The van der Waals surface area contributed by atoms with Gasteiger partial charge in [0.1, 0.15) is 32.8 Å². The summed E-state index contributed by atoms with van der Waals surface area (Å²) < 4.78 is 110. The van der Waals surface area contributed by atoms with Gasteiger partial charge < -0.3 is 18.9 Å². The van der Waals surface area contributed by atoms with Gasteiger partial charge in [0.15, 0.2) is 9.84 Å². The highest BCUT2D eigenvalue weighted by Gasteiger charge is 2.51. The second kappa shape index (κ2) is 14.8. The quantitative estimate of drug-likeness (QED) is 0.187. The van der Waals surface area contributed by atoms with Gasteiger partial charge in [-0.3, -0.25) is 0 Å². The minimum atomic E-state index is -4.55.